The van der Waals surface area contributed by atoms with E-state index in [0.717, 1.165) is 0 Å². The molecule has 0 heterocycles. The summed E-state index contributed by atoms with van der Waals surface area (Å²) in [5.74, 6) is -3.66. The minimum absolute atomic E-state index is 0. The number of ketones is 2. The third-order valence-corrected chi connectivity index (χ3v) is 0.832. The van der Waals surface area contributed by atoms with Gasteiger partial charge in [0.2, 0.25) is 5.78 Å². The van der Waals surface area contributed by atoms with Crippen molar-refractivity contribution >= 4 is 11.6 Å². The quantitative estimate of drug-likeness (QED) is 0.630. The molecule has 2 nitrogen and oxygen atoms in total. The van der Waals surface area contributed by atoms with Gasteiger partial charge in [-0.25, -0.2) is 0 Å². The predicted molar refractivity (Wildman–Crippen MR) is 26.4 cm³/mol. The van der Waals surface area contributed by atoms with E-state index in [1.807, 2.05) is 0 Å². The summed E-state index contributed by atoms with van der Waals surface area (Å²) >= 11 is 0. The van der Waals surface area contributed by atoms with Gasteiger partial charge in [-0.1, -0.05) is 6.92 Å². The monoisotopic (exact) mass is 418 g/mol. The van der Waals surface area contributed by atoms with Crippen LogP contribution in [0.4, 0.5) is 13.2 Å². The fourth-order valence-corrected chi connectivity index (χ4v) is 0.319. The van der Waals surface area contributed by atoms with Crippen LogP contribution in [0.1, 0.15) is 13.3 Å². The van der Waals surface area contributed by atoms with Crippen molar-refractivity contribution in [2.24, 2.45) is 0 Å². The number of rotatable bonds is 2. The largest absolute Gasteiger partial charge is 0.458 e. The third kappa shape index (κ3) is 6.99. The van der Waals surface area contributed by atoms with E-state index in [2.05, 4.69) is 0 Å². The molecular weight excluding hydrogens is 413 g/mol. The normalized spacial score (nSPS) is 9.33. The number of carbonyl (C=O) groups excluding carboxylic acids is 2. The van der Waals surface area contributed by atoms with Gasteiger partial charge in [0.05, 0.1) is 0 Å². The van der Waals surface area contributed by atoms with E-state index in [-0.39, 0.29) is 73.1 Å². The average Bonchev–Trinajstić information content (AvgIpc) is 1.83. The second kappa shape index (κ2) is 7.89. The second-order valence-electron chi connectivity index (χ2n) is 1.60. The average molecular weight is 418 g/mol. The van der Waals surface area contributed by atoms with Crippen molar-refractivity contribution in [1.82, 2.24) is 0 Å². The molecule has 0 aliphatic carbocycles. The van der Waals surface area contributed by atoms with Gasteiger partial charge in [0.1, 0.15) is 0 Å². The van der Waals surface area contributed by atoms with Crippen LogP contribution in [0.25, 0.3) is 0 Å². The first-order chi connectivity index (χ1) is 4.39. The molecular formula is C5H5F3O2YbZr. The molecule has 0 saturated carbocycles. The van der Waals surface area contributed by atoms with Gasteiger partial charge < -0.3 is 0 Å². The van der Waals surface area contributed by atoms with E-state index in [0.29, 0.717) is 0 Å². The Balaban J connectivity index is -0.000000405. The molecule has 0 aliphatic rings. The van der Waals surface area contributed by atoms with Crippen molar-refractivity contribution in [3.05, 3.63) is 0 Å². The summed E-state index contributed by atoms with van der Waals surface area (Å²) in [7, 11) is 0. The van der Waals surface area contributed by atoms with Crippen LogP contribution in [-0.4, -0.2) is 17.7 Å². The summed E-state index contributed by atoms with van der Waals surface area (Å²) in [6, 6.07) is 0. The van der Waals surface area contributed by atoms with Gasteiger partial charge in [-0.15, -0.1) is 0 Å². The first kappa shape index (κ1) is 19.2. The Morgan fingerprint density at radius 2 is 1.58 bits per heavy atom. The Labute approximate surface area is 125 Å². The van der Waals surface area contributed by atoms with Gasteiger partial charge in [0.15, 0.2) is 0 Å². The molecule has 0 amide bonds. The van der Waals surface area contributed by atoms with E-state index >= 15 is 0 Å². The first-order valence-corrected chi connectivity index (χ1v) is 2.54. The van der Waals surface area contributed by atoms with Crippen LogP contribution < -0.4 is 0 Å². The van der Waals surface area contributed by atoms with Crippen LogP contribution in [0, 0.1) is 46.9 Å². The zero-order chi connectivity index (χ0) is 8.36. The number of alkyl halides is 3. The van der Waals surface area contributed by atoms with Gasteiger partial charge in [-0.2, -0.15) is 13.2 Å². The minimum Gasteiger partial charge on any atom is -0.291 e. The molecule has 7 heteroatoms. The standard InChI is InChI=1S/C5H5F3O2.Yb.Zr/c1-2-3(9)4(10)5(6,7)8;;/h2H2,1H3;;. The molecule has 0 spiro atoms. The molecule has 0 aliphatic heterocycles. The van der Waals surface area contributed by atoms with Crippen molar-refractivity contribution in [3.8, 4) is 0 Å². The molecule has 0 bridgehead atoms. The van der Waals surface area contributed by atoms with E-state index < -0.39 is 24.2 Å². The van der Waals surface area contributed by atoms with Crippen molar-refractivity contribution in [2.45, 2.75) is 19.5 Å². The molecule has 0 N–H and O–H groups in total. The van der Waals surface area contributed by atoms with Crippen molar-refractivity contribution < 1.29 is 95.9 Å². The zero-order valence-corrected chi connectivity index (χ0v) is 10.1. The number of Topliss-reactive ketones (excluding diaryl/α,β-unsaturated/α-hetero) is 2. The molecule has 0 rings (SSSR count). The first-order valence-electron chi connectivity index (χ1n) is 2.54. The van der Waals surface area contributed by atoms with Crippen LogP contribution in [0.5, 0.6) is 0 Å². The van der Waals surface area contributed by atoms with Crippen LogP contribution in [0.3, 0.4) is 0 Å². The SMILES string of the molecule is CCC(=O)C(=O)C(F)(F)F.[Yb].[Zr]. The van der Waals surface area contributed by atoms with Crippen LogP contribution in [0.2, 0.25) is 0 Å². The summed E-state index contributed by atoms with van der Waals surface area (Å²) in [5.41, 5.74) is 0. The summed E-state index contributed by atoms with van der Waals surface area (Å²) in [6.07, 6.45) is -5.41. The number of hydrogen-bond donors (Lipinski definition) is 0. The molecule has 76 valence electrons. The third-order valence-electron chi connectivity index (χ3n) is 0.832. The van der Waals surface area contributed by atoms with E-state index in [9.17, 15) is 22.8 Å². The van der Waals surface area contributed by atoms with Gasteiger partial charge >= 0.3 is 12.0 Å². The van der Waals surface area contributed by atoms with Gasteiger partial charge in [0.25, 0.3) is 0 Å². The second-order valence-corrected chi connectivity index (χ2v) is 1.60. The Hall–Kier alpha value is 1.53. The van der Waals surface area contributed by atoms with Crippen LogP contribution in [-0.2, 0) is 35.8 Å². The molecule has 0 radical (unpaired) electrons. The van der Waals surface area contributed by atoms with Gasteiger partial charge in [-0.05, 0) is 0 Å². The number of halogens is 3. The van der Waals surface area contributed by atoms with Crippen molar-refractivity contribution in [2.75, 3.05) is 0 Å². The van der Waals surface area contributed by atoms with E-state index in [1.54, 1.807) is 0 Å². The van der Waals surface area contributed by atoms with E-state index in [1.165, 1.54) is 6.92 Å². The molecule has 0 aromatic rings. The van der Waals surface area contributed by atoms with Crippen LogP contribution in [0.15, 0.2) is 0 Å². The molecule has 0 atom stereocenters. The maximum Gasteiger partial charge on any atom is 0.458 e. The summed E-state index contributed by atoms with van der Waals surface area (Å²) < 4.78 is 33.9. The van der Waals surface area contributed by atoms with E-state index in [4.69, 9.17) is 0 Å². The Morgan fingerprint density at radius 3 is 1.67 bits per heavy atom. The van der Waals surface area contributed by atoms with Gasteiger partial charge in [0, 0.05) is 79.5 Å². The number of hydrogen-bond acceptors (Lipinski definition) is 2. The molecule has 0 aromatic carbocycles. The van der Waals surface area contributed by atoms with Crippen molar-refractivity contribution in [3.63, 3.8) is 0 Å². The summed E-state index contributed by atoms with van der Waals surface area (Å²) in [5, 5.41) is 0. The molecule has 12 heavy (non-hydrogen) atoms. The number of carbonyl (C=O) groups is 2. The zero-order valence-electron chi connectivity index (χ0n) is 5.92. The molecule has 0 saturated heterocycles. The van der Waals surface area contributed by atoms with Gasteiger partial charge in [-0.3, -0.25) is 9.59 Å². The maximum absolute atomic E-state index is 11.3. The Morgan fingerprint density at radius 1 is 1.25 bits per heavy atom. The fourth-order valence-electron chi connectivity index (χ4n) is 0.319. The molecule has 0 fully saturated rings. The molecule has 0 aromatic heterocycles. The fraction of sp³-hybridized carbons (Fsp3) is 0.600. The van der Waals surface area contributed by atoms with Crippen LogP contribution >= 0.6 is 0 Å². The molecule has 0 unspecified atom stereocenters. The minimum atomic E-state index is -5.01. The Kier molecular flexibility index (Phi) is 12.6. The topological polar surface area (TPSA) is 34.1 Å². The summed E-state index contributed by atoms with van der Waals surface area (Å²) in [4.78, 5) is 20.0. The Bertz CT molecular complexity index is 169. The van der Waals surface area contributed by atoms with Crippen molar-refractivity contribution in [1.29, 1.82) is 0 Å². The maximum atomic E-state index is 11.3. The smallest absolute Gasteiger partial charge is 0.291 e. The summed E-state index contributed by atoms with van der Waals surface area (Å²) in [6.45, 7) is 1.20. The predicted octanol–water partition coefficient (Wildman–Crippen LogP) is 1.09.